The summed E-state index contributed by atoms with van der Waals surface area (Å²) in [5.41, 5.74) is 1.99. The lowest BCUT2D eigenvalue weighted by Crippen LogP contribution is -2.17. The van der Waals surface area contributed by atoms with E-state index in [1.807, 2.05) is 41.1 Å². The quantitative estimate of drug-likeness (QED) is 0.528. The molecular formula is C22H26N6OS. The first kappa shape index (κ1) is 19.4. The third-order valence-electron chi connectivity index (χ3n) is 5.79. The van der Waals surface area contributed by atoms with Crippen LogP contribution in [0.4, 0.5) is 5.82 Å². The van der Waals surface area contributed by atoms with Crippen LogP contribution in [0.1, 0.15) is 56.0 Å². The van der Waals surface area contributed by atoms with Crippen LogP contribution in [0.3, 0.4) is 0 Å². The number of amides is 1. The number of para-hydroxylation sites is 1. The van der Waals surface area contributed by atoms with Gasteiger partial charge in [0, 0.05) is 18.4 Å². The van der Waals surface area contributed by atoms with Crippen molar-refractivity contribution in [3.8, 4) is 5.69 Å². The third-order valence-corrected chi connectivity index (χ3v) is 6.64. The molecule has 0 radical (unpaired) electrons. The summed E-state index contributed by atoms with van der Waals surface area (Å²) >= 11 is 1.36. The highest BCUT2D eigenvalue weighted by molar-refractivity contribution is 7.99. The van der Waals surface area contributed by atoms with Crippen molar-refractivity contribution in [2.45, 2.75) is 56.0 Å². The molecule has 7 nitrogen and oxygen atoms in total. The van der Waals surface area contributed by atoms with E-state index in [-0.39, 0.29) is 11.7 Å². The van der Waals surface area contributed by atoms with Crippen LogP contribution in [0.2, 0.25) is 0 Å². The number of nitrogens with zero attached hydrogens (tertiary/aromatic N) is 4. The van der Waals surface area contributed by atoms with E-state index in [0.717, 1.165) is 29.5 Å². The number of hydrogen-bond acceptors (Lipinski definition) is 5. The first-order valence-electron chi connectivity index (χ1n) is 10.7. The molecular weight excluding hydrogens is 396 g/mol. The number of carbonyl (C=O) groups is 1. The molecule has 1 aromatic carbocycles. The van der Waals surface area contributed by atoms with Crippen molar-refractivity contribution >= 4 is 23.5 Å². The second-order valence-corrected chi connectivity index (χ2v) is 9.17. The zero-order valence-electron chi connectivity index (χ0n) is 16.9. The van der Waals surface area contributed by atoms with Crippen molar-refractivity contribution in [2.75, 3.05) is 11.1 Å². The Balaban J connectivity index is 1.21. The lowest BCUT2D eigenvalue weighted by Gasteiger charge is -2.08. The standard InChI is InChI=1S/C22H26N6OS/c29-21(14-30-22-23-19(25-26-22)12-15-6-4-5-7-15)24-20-13-18(16-10-11-16)27-28(20)17-8-2-1-3-9-17/h1-3,8-9,13,15-16H,4-7,10-12,14H2,(H,24,29)(H,23,25,26). The fraction of sp³-hybridized carbons (Fsp3) is 0.455. The predicted octanol–water partition coefficient (Wildman–Crippen LogP) is 4.33. The Hall–Kier alpha value is -2.61. The van der Waals surface area contributed by atoms with E-state index >= 15 is 0 Å². The molecule has 0 unspecified atom stereocenters. The molecule has 2 heterocycles. The number of nitrogens with one attached hydrogen (secondary N) is 2. The molecule has 5 rings (SSSR count). The Morgan fingerprint density at radius 1 is 1.17 bits per heavy atom. The summed E-state index contributed by atoms with van der Waals surface area (Å²) < 4.78 is 1.82. The minimum Gasteiger partial charge on any atom is -0.310 e. The number of rotatable bonds is 8. The van der Waals surface area contributed by atoms with Gasteiger partial charge in [-0.05, 0) is 30.9 Å². The lowest BCUT2D eigenvalue weighted by molar-refractivity contribution is -0.113. The second kappa shape index (κ2) is 8.63. The molecule has 156 valence electrons. The third kappa shape index (κ3) is 4.59. The SMILES string of the molecule is O=C(CSc1n[nH]c(CC2CCCC2)n1)Nc1cc(C2CC2)nn1-c1ccccc1. The van der Waals surface area contributed by atoms with Crippen LogP contribution in [0.5, 0.6) is 0 Å². The zero-order chi connectivity index (χ0) is 20.3. The van der Waals surface area contributed by atoms with Crippen LogP contribution in [0.15, 0.2) is 41.6 Å². The second-order valence-electron chi connectivity index (χ2n) is 8.23. The molecule has 30 heavy (non-hydrogen) atoms. The van der Waals surface area contributed by atoms with Crippen molar-refractivity contribution in [3.05, 3.63) is 47.9 Å². The van der Waals surface area contributed by atoms with Gasteiger partial charge in [-0.15, -0.1) is 5.10 Å². The molecule has 0 saturated heterocycles. The fourth-order valence-corrected chi connectivity index (χ4v) is 4.68. The number of thioether (sulfide) groups is 1. The molecule has 2 fully saturated rings. The van der Waals surface area contributed by atoms with Gasteiger partial charge >= 0.3 is 0 Å². The average molecular weight is 423 g/mol. The molecule has 2 saturated carbocycles. The summed E-state index contributed by atoms with van der Waals surface area (Å²) in [6.07, 6.45) is 8.50. The summed E-state index contributed by atoms with van der Waals surface area (Å²) in [5, 5.41) is 15.7. The number of anilines is 1. The van der Waals surface area contributed by atoms with Gasteiger partial charge in [-0.3, -0.25) is 9.89 Å². The predicted molar refractivity (Wildman–Crippen MR) is 117 cm³/mol. The summed E-state index contributed by atoms with van der Waals surface area (Å²) in [6.45, 7) is 0. The first-order valence-corrected chi connectivity index (χ1v) is 11.7. The molecule has 2 N–H and O–H groups in total. The molecule has 0 aliphatic heterocycles. The van der Waals surface area contributed by atoms with Gasteiger partial charge < -0.3 is 5.32 Å². The number of aromatic amines is 1. The summed E-state index contributed by atoms with van der Waals surface area (Å²) in [6, 6.07) is 11.9. The van der Waals surface area contributed by atoms with E-state index < -0.39 is 0 Å². The van der Waals surface area contributed by atoms with E-state index in [2.05, 4.69) is 20.5 Å². The minimum absolute atomic E-state index is 0.0819. The van der Waals surface area contributed by atoms with Gasteiger partial charge in [0.15, 0.2) is 0 Å². The van der Waals surface area contributed by atoms with Crippen LogP contribution in [-0.2, 0) is 11.2 Å². The Bertz CT molecular complexity index is 1000. The highest BCUT2D eigenvalue weighted by Gasteiger charge is 2.28. The van der Waals surface area contributed by atoms with Gasteiger partial charge in [-0.25, -0.2) is 9.67 Å². The maximum absolute atomic E-state index is 12.6. The van der Waals surface area contributed by atoms with Crippen LogP contribution >= 0.6 is 11.8 Å². The Morgan fingerprint density at radius 3 is 2.73 bits per heavy atom. The van der Waals surface area contributed by atoms with Crippen molar-refractivity contribution < 1.29 is 4.79 Å². The molecule has 0 spiro atoms. The summed E-state index contributed by atoms with van der Waals surface area (Å²) in [5.74, 6) is 3.07. The van der Waals surface area contributed by atoms with Gasteiger partial charge in [0.05, 0.1) is 17.1 Å². The van der Waals surface area contributed by atoms with E-state index in [0.29, 0.717) is 16.9 Å². The van der Waals surface area contributed by atoms with Gasteiger partial charge in [-0.1, -0.05) is 55.6 Å². The lowest BCUT2D eigenvalue weighted by atomic mass is 10.0. The smallest absolute Gasteiger partial charge is 0.236 e. The number of carbonyl (C=O) groups excluding carboxylic acids is 1. The maximum atomic E-state index is 12.6. The largest absolute Gasteiger partial charge is 0.310 e. The van der Waals surface area contributed by atoms with Crippen LogP contribution in [-0.4, -0.2) is 36.6 Å². The average Bonchev–Trinajstić information content (AvgIpc) is 3.14. The number of hydrogen-bond donors (Lipinski definition) is 2. The van der Waals surface area contributed by atoms with E-state index in [1.54, 1.807) is 0 Å². The van der Waals surface area contributed by atoms with Crippen LogP contribution < -0.4 is 5.32 Å². The van der Waals surface area contributed by atoms with Crippen molar-refractivity contribution in [1.29, 1.82) is 0 Å². The molecule has 2 aliphatic carbocycles. The van der Waals surface area contributed by atoms with E-state index in [4.69, 9.17) is 5.10 Å². The molecule has 0 bridgehead atoms. The first-order chi connectivity index (χ1) is 14.7. The van der Waals surface area contributed by atoms with Crippen molar-refractivity contribution in [3.63, 3.8) is 0 Å². The molecule has 8 heteroatoms. The number of aromatic nitrogens is 5. The van der Waals surface area contributed by atoms with Gasteiger partial charge in [0.2, 0.25) is 11.1 Å². The van der Waals surface area contributed by atoms with Crippen molar-refractivity contribution in [2.24, 2.45) is 5.92 Å². The van der Waals surface area contributed by atoms with Crippen LogP contribution in [0, 0.1) is 5.92 Å². The highest BCUT2D eigenvalue weighted by atomic mass is 32.2. The van der Waals surface area contributed by atoms with Gasteiger partial charge in [0.1, 0.15) is 11.6 Å². The zero-order valence-corrected chi connectivity index (χ0v) is 17.7. The Labute approximate surface area is 180 Å². The number of benzene rings is 1. The fourth-order valence-electron chi connectivity index (χ4n) is 4.06. The van der Waals surface area contributed by atoms with E-state index in [9.17, 15) is 4.79 Å². The van der Waals surface area contributed by atoms with Gasteiger partial charge in [0.25, 0.3) is 0 Å². The Kier molecular flexibility index (Phi) is 5.57. The molecule has 3 aromatic rings. The molecule has 0 atom stereocenters. The van der Waals surface area contributed by atoms with Gasteiger partial charge in [-0.2, -0.15) is 5.10 Å². The molecule has 1 amide bonds. The summed E-state index contributed by atoms with van der Waals surface area (Å²) in [7, 11) is 0. The summed E-state index contributed by atoms with van der Waals surface area (Å²) in [4.78, 5) is 17.2. The Morgan fingerprint density at radius 2 is 1.97 bits per heavy atom. The molecule has 2 aliphatic rings. The maximum Gasteiger partial charge on any atom is 0.236 e. The normalized spacial score (nSPS) is 16.8. The highest BCUT2D eigenvalue weighted by Crippen LogP contribution is 2.40. The minimum atomic E-state index is -0.0819. The molecule has 2 aromatic heterocycles. The van der Waals surface area contributed by atoms with Crippen LogP contribution in [0.25, 0.3) is 5.69 Å². The van der Waals surface area contributed by atoms with E-state index in [1.165, 1.54) is 50.3 Å². The number of H-pyrrole nitrogens is 1. The van der Waals surface area contributed by atoms with Crippen molar-refractivity contribution in [1.82, 2.24) is 25.0 Å². The topological polar surface area (TPSA) is 88.5 Å². The monoisotopic (exact) mass is 422 g/mol.